The highest BCUT2D eigenvalue weighted by Crippen LogP contribution is 2.30. The van der Waals surface area contributed by atoms with E-state index < -0.39 is 0 Å². The third-order valence-corrected chi connectivity index (χ3v) is 4.63. The Morgan fingerprint density at radius 3 is 2.90 bits per heavy atom. The number of methoxy groups -OCH3 is 1. The van der Waals surface area contributed by atoms with Gasteiger partial charge in [-0.05, 0) is 36.8 Å². The topological polar surface area (TPSA) is 26.5 Å². The van der Waals surface area contributed by atoms with Crippen molar-refractivity contribution in [2.45, 2.75) is 6.92 Å². The lowest BCUT2D eigenvalue weighted by atomic mass is 10.1. The Bertz CT molecular complexity index is 952. The number of thiazole rings is 1. The summed E-state index contributed by atoms with van der Waals surface area (Å²) in [5.41, 5.74) is 4.54. The first-order chi connectivity index (χ1) is 10.2. The molecule has 21 heavy (non-hydrogen) atoms. The molecule has 0 unspecified atom stereocenters. The highest BCUT2D eigenvalue weighted by Gasteiger charge is 2.10. The summed E-state index contributed by atoms with van der Waals surface area (Å²) in [6.07, 6.45) is 2.10. The predicted molar refractivity (Wildman–Crippen MR) is 87.3 cm³/mol. The van der Waals surface area contributed by atoms with Crippen LogP contribution in [0.4, 0.5) is 0 Å². The molecule has 104 valence electrons. The fourth-order valence-corrected chi connectivity index (χ4v) is 3.64. The van der Waals surface area contributed by atoms with Gasteiger partial charge < -0.3 is 4.74 Å². The number of rotatable bonds is 2. The number of ether oxygens (including phenoxy) is 1. The lowest BCUT2D eigenvalue weighted by Gasteiger charge is -2.01. The zero-order valence-corrected chi connectivity index (χ0v) is 12.6. The number of benzene rings is 2. The molecule has 0 radical (unpaired) electrons. The van der Waals surface area contributed by atoms with Crippen LogP contribution in [0.3, 0.4) is 0 Å². The zero-order chi connectivity index (χ0) is 14.4. The maximum atomic E-state index is 5.28. The Balaban J connectivity index is 1.90. The van der Waals surface area contributed by atoms with Crippen LogP contribution in [-0.2, 0) is 0 Å². The molecule has 4 aromatic rings. The summed E-state index contributed by atoms with van der Waals surface area (Å²) in [5.74, 6) is 0.851. The summed E-state index contributed by atoms with van der Waals surface area (Å²) >= 11 is 1.72. The number of aryl methyl sites for hydroxylation is 1. The first kappa shape index (κ1) is 12.4. The summed E-state index contributed by atoms with van der Waals surface area (Å²) in [7, 11) is 1.68. The van der Waals surface area contributed by atoms with E-state index in [1.54, 1.807) is 18.4 Å². The van der Waals surface area contributed by atoms with Crippen molar-refractivity contribution in [3.05, 3.63) is 54.2 Å². The van der Waals surface area contributed by atoms with Crippen LogP contribution in [0.2, 0.25) is 0 Å². The summed E-state index contributed by atoms with van der Waals surface area (Å²) < 4.78 is 8.72. The second-order valence-electron chi connectivity index (χ2n) is 5.08. The maximum absolute atomic E-state index is 5.28. The summed E-state index contributed by atoms with van der Waals surface area (Å²) in [4.78, 5) is 5.77. The van der Waals surface area contributed by atoms with Gasteiger partial charge in [-0.1, -0.05) is 29.5 Å². The van der Waals surface area contributed by atoms with Crippen LogP contribution in [0.15, 0.2) is 48.7 Å². The molecule has 3 nitrogen and oxygen atoms in total. The number of nitrogens with zero attached hydrogens (tertiary/aromatic N) is 2. The van der Waals surface area contributed by atoms with Crippen LogP contribution in [0.25, 0.3) is 26.4 Å². The average molecular weight is 294 g/mol. The van der Waals surface area contributed by atoms with Crippen LogP contribution in [0, 0.1) is 6.92 Å². The molecule has 0 saturated heterocycles. The molecule has 2 aromatic heterocycles. The van der Waals surface area contributed by atoms with Crippen molar-refractivity contribution in [3.63, 3.8) is 0 Å². The van der Waals surface area contributed by atoms with E-state index in [-0.39, 0.29) is 0 Å². The Labute approximate surface area is 126 Å². The van der Waals surface area contributed by atoms with Gasteiger partial charge in [0.25, 0.3) is 0 Å². The molecule has 0 saturated carbocycles. The molecule has 0 aliphatic rings. The van der Waals surface area contributed by atoms with Gasteiger partial charge in [-0.2, -0.15) is 0 Å². The molecule has 4 rings (SSSR count). The number of hydrogen-bond donors (Lipinski definition) is 0. The standard InChI is InChI=1S/C17H14N2OS/c1-11-6-7-15-16(8-11)21-17-18-14(10-19(15)17)12-4-3-5-13(9-12)20-2/h3-10H,1-2H3. The smallest absolute Gasteiger partial charge is 0.195 e. The van der Waals surface area contributed by atoms with Crippen molar-refractivity contribution in [2.75, 3.05) is 7.11 Å². The first-order valence-corrected chi connectivity index (χ1v) is 7.59. The normalized spacial score (nSPS) is 11.3. The predicted octanol–water partition coefficient (Wildman–Crippen LogP) is 4.53. The monoisotopic (exact) mass is 294 g/mol. The van der Waals surface area contributed by atoms with Crippen molar-refractivity contribution in [1.82, 2.24) is 9.38 Å². The number of imidazole rings is 1. The fourth-order valence-electron chi connectivity index (χ4n) is 2.53. The van der Waals surface area contributed by atoms with E-state index in [1.807, 2.05) is 18.2 Å². The van der Waals surface area contributed by atoms with E-state index in [0.717, 1.165) is 22.0 Å². The molecule has 2 aromatic carbocycles. The molecule has 0 N–H and O–H groups in total. The Kier molecular flexibility index (Phi) is 2.72. The van der Waals surface area contributed by atoms with Crippen molar-refractivity contribution >= 4 is 26.5 Å². The van der Waals surface area contributed by atoms with Gasteiger partial charge >= 0.3 is 0 Å². The van der Waals surface area contributed by atoms with Crippen LogP contribution in [-0.4, -0.2) is 16.5 Å². The average Bonchev–Trinajstić information content (AvgIpc) is 3.04. The molecule has 0 aliphatic carbocycles. The summed E-state index contributed by atoms with van der Waals surface area (Å²) in [6, 6.07) is 14.5. The van der Waals surface area contributed by atoms with E-state index in [9.17, 15) is 0 Å². The van der Waals surface area contributed by atoms with E-state index >= 15 is 0 Å². The fraction of sp³-hybridized carbons (Fsp3) is 0.118. The molecule has 4 heteroatoms. The van der Waals surface area contributed by atoms with E-state index in [1.165, 1.54) is 15.8 Å². The van der Waals surface area contributed by atoms with Gasteiger partial charge in [-0.25, -0.2) is 4.98 Å². The maximum Gasteiger partial charge on any atom is 0.195 e. The molecular formula is C17H14N2OS. The van der Waals surface area contributed by atoms with Crippen LogP contribution in [0.1, 0.15) is 5.56 Å². The van der Waals surface area contributed by atoms with E-state index in [0.29, 0.717) is 0 Å². The Morgan fingerprint density at radius 2 is 2.05 bits per heavy atom. The van der Waals surface area contributed by atoms with Crippen molar-refractivity contribution in [2.24, 2.45) is 0 Å². The number of fused-ring (bicyclic) bond motifs is 3. The minimum Gasteiger partial charge on any atom is -0.497 e. The second-order valence-corrected chi connectivity index (χ2v) is 6.09. The van der Waals surface area contributed by atoms with Gasteiger partial charge in [-0.3, -0.25) is 4.40 Å². The van der Waals surface area contributed by atoms with Gasteiger partial charge in [0.15, 0.2) is 4.96 Å². The van der Waals surface area contributed by atoms with Gasteiger partial charge in [0.2, 0.25) is 0 Å². The molecule has 0 fully saturated rings. The number of aromatic nitrogens is 2. The van der Waals surface area contributed by atoms with Gasteiger partial charge in [0.05, 0.1) is 23.0 Å². The van der Waals surface area contributed by atoms with Gasteiger partial charge in [0, 0.05) is 11.8 Å². The highest BCUT2D eigenvalue weighted by atomic mass is 32.1. The van der Waals surface area contributed by atoms with Crippen LogP contribution >= 0.6 is 11.3 Å². The van der Waals surface area contributed by atoms with Gasteiger partial charge in [-0.15, -0.1) is 0 Å². The Morgan fingerprint density at radius 1 is 1.14 bits per heavy atom. The Hall–Kier alpha value is -2.33. The largest absolute Gasteiger partial charge is 0.497 e. The van der Waals surface area contributed by atoms with Crippen LogP contribution in [0.5, 0.6) is 5.75 Å². The highest BCUT2D eigenvalue weighted by molar-refractivity contribution is 7.23. The first-order valence-electron chi connectivity index (χ1n) is 6.77. The van der Waals surface area contributed by atoms with Crippen LogP contribution < -0.4 is 4.74 Å². The van der Waals surface area contributed by atoms with E-state index in [4.69, 9.17) is 9.72 Å². The van der Waals surface area contributed by atoms with Gasteiger partial charge in [0.1, 0.15) is 5.75 Å². The lowest BCUT2D eigenvalue weighted by molar-refractivity contribution is 0.415. The number of hydrogen-bond acceptors (Lipinski definition) is 3. The SMILES string of the molecule is COc1cccc(-c2cn3c(n2)sc2cc(C)ccc23)c1. The van der Waals surface area contributed by atoms with Crippen molar-refractivity contribution < 1.29 is 4.74 Å². The molecule has 0 aliphatic heterocycles. The molecule has 0 atom stereocenters. The third kappa shape index (κ3) is 1.99. The molecule has 0 bridgehead atoms. The lowest BCUT2D eigenvalue weighted by Crippen LogP contribution is -1.83. The minimum atomic E-state index is 0.851. The minimum absolute atomic E-state index is 0.851. The van der Waals surface area contributed by atoms with E-state index in [2.05, 4.69) is 41.8 Å². The molecule has 2 heterocycles. The second kappa shape index (κ2) is 4.60. The summed E-state index contributed by atoms with van der Waals surface area (Å²) in [6.45, 7) is 2.11. The molecule has 0 amide bonds. The van der Waals surface area contributed by atoms with Crippen molar-refractivity contribution in [1.29, 1.82) is 0 Å². The third-order valence-electron chi connectivity index (χ3n) is 3.62. The molecule has 0 spiro atoms. The molecular weight excluding hydrogens is 280 g/mol. The van der Waals surface area contributed by atoms with Crippen molar-refractivity contribution in [3.8, 4) is 17.0 Å². The quantitative estimate of drug-likeness (QED) is 0.543. The summed E-state index contributed by atoms with van der Waals surface area (Å²) in [5, 5.41) is 0. The zero-order valence-electron chi connectivity index (χ0n) is 11.8.